The number of rotatable bonds is 6. The molecule has 0 amide bonds. The lowest BCUT2D eigenvalue weighted by atomic mass is 10.1. The van der Waals surface area contributed by atoms with Crippen LogP contribution in [0.5, 0.6) is 5.75 Å². The molecule has 0 saturated heterocycles. The predicted octanol–water partition coefficient (Wildman–Crippen LogP) is 3.96. The quantitative estimate of drug-likeness (QED) is 0.630. The van der Waals surface area contributed by atoms with Crippen molar-refractivity contribution >= 4 is 32.8 Å². The summed E-state index contributed by atoms with van der Waals surface area (Å²) in [6.07, 6.45) is 1.65. The third-order valence-electron chi connectivity index (χ3n) is 4.57. The van der Waals surface area contributed by atoms with Gasteiger partial charge < -0.3 is 10.1 Å². The summed E-state index contributed by atoms with van der Waals surface area (Å²) in [7, 11) is -3.61. The van der Waals surface area contributed by atoms with Gasteiger partial charge in [0.15, 0.2) is 0 Å². The third-order valence-corrected chi connectivity index (χ3v) is 6.61. The van der Waals surface area contributed by atoms with Gasteiger partial charge in [0.05, 0.1) is 4.90 Å². The average Bonchev–Trinajstić information content (AvgIpc) is 2.97. The van der Waals surface area contributed by atoms with Crippen LogP contribution in [0.15, 0.2) is 52.4 Å². The molecule has 0 aliphatic heterocycles. The number of fused-ring (bicyclic) bond motifs is 1. The van der Waals surface area contributed by atoms with Crippen LogP contribution in [-0.4, -0.2) is 42.1 Å². The second-order valence-corrected chi connectivity index (χ2v) is 8.15. The fraction of sp³-hybridized carbons (Fsp3) is 0.250. The number of nitrogens with zero attached hydrogens (tertiary/aromatic N) is 2. The first kappa shape index (κ1) is 19.1. The molecule has 27 heavy (non-hydrogen) atoms. The van der Waals surface area contributed by atoms with Crippen molar-refractivity contribution in [2.45, 2.75) is 25.7 Å². The van der Waals surface area contributed by atoms with Crippen molar-refractivity contribution in [2.75, 3.05) is 13.1 Å². The number of aromatic nitrogens is 1. The van der Waals surface area contributed by atoms with Crippen LogP contribution in [0.1, 0.15) is 25.1 Å². The molecular weight excluding hydrogens is 362 g/mol. The fourth-order valence-corrected chi connectivity index (χ4v) is 4.56. The van der Waals surface area contributed by atoms with Crippen LogP contribution < -0.4 is 0 Å². The molecule has 1 aromatic heterocycles. The van der Waals surface area contributed by atoms with Crippen LogP contribution in [0.2, 0.25) is 0 Å². The number of benzene rings is 2. The van der Waals surface area contributed by atoms with Gasteiger partial charge in [-0.3, -0.25) is 4.99 Å². The van der Waals surface area contributed by atoms with Gasteiger partial charge in [0.1, 0.15) is 11.4 Å². The SMILES string of the molecule is CCN(CC)S(=O)(=O)c1ccc(O)c(N=Cc2c(C)[nH]c3ccccc23)c1. The highest BCUT2D eigenvalue weighted by atomic mass is 32.2. The van der Waals surface area contributed by atoms with Gasteiger partial charge in [0.2, 0.25) is 10.0 Å². The van der Waals surface area contributed by atoms with Crippen LogP contribution in [0.3, 0.4) is 0 Å². The Hall–Kier alpha value is -2.64. The maximum absolute atomic E-state index is 12.7. The average molecular weight is 385 g/mol. The van der Waals surface area contributed by atoms with E-state index in [-0.39, 0.29) is 16.3 Å². The van der Waals surface area contributed by atoms with Crippen molar-refractivity contribution in [2.24, 2.45) is 4.99 Å². The van der Waals surface area contributed by atoms with E-state index in [0.717, 1.165) is 22.2 Å². The molecule has 0 saturated carbocycles. The first-order valence-electron chi connectivity index (χ1n) is 8.83. The van der Waals surface area contributed by atoms with Gasteiger partial charge >= 0.3 is 0 Å². The monoisotopic (exact) mass is 385 g/mol. The van der Waals surface area contributed by atoms with Crippen molar-refractivity contribution in [3.05, 3.63) is 53.7 Å². The summed E-state index contributed by atoms with van der Waals surface area (Å²) in [5.74, 6) is -0.0674. The molecular formula is C20H23N3O3S. The normalized spacial score (nSPS) is 12.4. The molecule has 0 unspecified atom stereocenters. The van der Waals surface area contributed by atoms with E-state index in [2.05, 4.69) is 9.98 Å². The molecule has 2 N–H and O–H groups in total. The Balaban J connectivity index is 2.02. The van der Waals surface area contributed by atoms with Crippen molar-refractivity contribution in [1.29, 1.82) is 0 Å². The number of phenols is 1. The Bertz CT molecular complexity index is 1100. The molecule has 142 valence electrons. The van der Waals surface area contributed by atoms with Gasteiger partial charge in [0, 0.05) is 41.5 Å². The molecule has 0 aliphatic rings. The minimum absolute atomic E-state index is 0.0674. The van der Waals surface area contributed by atoms with E-state index in [9.17, 15) is 13.5 Å². The Labute approximate surface area is 159 Å². The summed E-state index contributed by atoms with van der Waals surface area (Å²) >= 11 is 0. The number of phenolic OH excluding ortho intramolecular Hbond substituents is 1. The van der Waals surface area contributed by atoms with E-state index in [1.54, 1.807) is 20.1 Å². The summed E-state index contributed by atoms with van der Waals surface area (Å²) in [5.41, 5.74) is 3.07. The maximum atomic E-state index is 12.7. The number of sulfonamides is 1. The summed E-state index contributed by atoms with van der Waals surface area (Å²) in [6.45, 7) is 6.29. The molecule has 3 rings (SSSR count). The number of hydrogen-bond acceptors (Lipinski definition) is 4. The van der Waals surface area contributed by atoms with Crippen LogP contribution in [0.25, 0.3) is 10.9 Å². The van der Waals surface area contributed by atoms with Crippen LogP contribution in [0.4, 0.5) is 5.69 Å². The van der Waals surface area contributed by atoms with Gasteiger partial charge in [-0.2, -0.15) is 4.31 Å². The van der Waals surface area contributed by atoms with Gasteiger partial charge in [-0.15, -0.1) is 0 Å². The van der Waals surface area contributed by atoms with Crippen LogP contribution >= 0.6 is 0 Å². The zero-order valence-electron chi connectivity index (χ0n) is 15.6. The lowest BCUT2D eigenvalue weighted by Crippen LogP contribution is -2.30. The highest BCUT2D eigenvalue weighted by Crippen LogP contribution is 2.31. The van der Waals surface area contributed by atoms with Gasteiger partial charge in [-0.1, -0.05) is 32.0 Å². The number of nitrogens with one attached hydrogen (secondary N) is 1. The summed E-state index contributed by atoms with van der Waals surface area (Å²) in [4.78, 5) is 7.77. The Kier molecular flexibility index (Phi) is 5.34. The Morgan fingerprint density at radius 3 is 2.56 bits per heavy atom. The highest BCUT2D eigenvalue weighted by molar-refractivity contribution is 7.89. The molecule has 0 atom stereocenters. The van der Waals surface area contributed by atoms with E-state index in [4.69, 9.17) is 0 Å². The molecule has 0 radical (unpaired) electrons. The zero-order chi connectivity index (χ0) is 19.6. The van der Waals surface area contributed by atoms with Gasteiger partial charge in [0.25, 0.3) is 0 Å². The van der Waals surface area contributed by atoms with Crippen molar-refractivity contribution < 1.29 is 13.5 Å². The van der Waals surface area contributed by atoms with Crippen molar-refractivity contribution in [1.82, 2.24) is 9.29 Å². The first-order chi connectivity index (χ1) is 12.9. The predicted molar refractivity (Wildman–Crippen MR) is 109 cm³/mol. The van der Waals surface area contributed by atoms with Gasteiger partial charge in [-0.25, -0.2) is 8.42 Å². The molecule has 6 nitrogen and oxygen atoms in total. The lowest BCUT2D eigenvalue weighted by Gasteiger charge is -2.18. The van der Waals surface area contributed by atoms with E-state index < -0.39 is 10.0 Å². The molecule has 1 heterocycles. The molecule has 0 aliphatic carbocycles. The number of aromatic hydroxyl groups is 1. The lowest BCUT2D eigenvalue weighted by molar-refractivity contribution is 0.445. The third kappa shape index (κ3) is 3.61. The van der Waals surface area contributed by atoms with Crippen molar-refractivity contribution in [3.8, 4) is 5.75 Å². The standard InChI is InChI=1S/C20H23N3O3S/c1-4-23(5-2)27(25,26)15-10-11-20(24)19(12-15)21-13-17-14(3)22-18-9-7-6-8-16(17)18/h6-13,22,24H,4-5H2,1-3H3. The van der Waals surface area contributed by atoms with Gasteiger partial charge in [-0.05, 0) is 31.2 Å². The molecule has 0 bridgehead atoms. The maximum Gasteiger partial charge on any atom is 0.243 e. The fourth-order valence-electron chi connectivity index (χ4n) is 3.08. The van der Waals surface area contributed by atoms with Crippen LogP contribution in [-0.2, 0) is 10.0 Å². The molecule has 3 aromatic rings. The number of hydrogen-bond donors (Lipinski definition) is 2. The van der Waals surface area contributed by atoms with E-state index >= 15 is 0 Å². The van der Waals surface area contributed by atoms with Crippen molar-refractivity contribution in [3.63, 3.8) is 0 Å². The van der Waals surface area contributed by atoms with E-state index in [1.807, 2.05) is 31.2 Å². The number of aryl methyl sites for hydroxylation is 1. The second kappa shape index (κ2) is 7.54. The van der Waals surface area contributed by atoms with Crippen LogP contribution in [0, 0.1) is 6.92 Å². The number of H-pyrrole nitrogens is 1. The highest BCUT2D eigenvalue weighted by Gasteiger charge is 2.22. The molecule has 2 aromatic carbocycles. The van der Waals surface area contributed by atoms with E-state index in [0.29, 0.717) is 13.1 Å². The summed E-state index contributed by atoms with van der Waals surface area (Å²) < 4.78 is 26.8. The number of aliphatic imine (C=N–C) groups is 1. The zero-order valence-corrected chi connectivity index (χ0v) is 16.4. The topological polar surface area (TPSA) is 85.8 Å². The largest absolute Gasteiger partial charge is 0.506 e. The molecule has 7 heteroatoms. The summed E-state index contributed by atoms with van der Waals surface area (Å²) in [6, 6.07) is 12.0. The minimum Gasteiger partial charge on any atom is -0.506 e. The molecule has 0 spiro atoms. The number of aromatic amines is 1. The van der Waals surface area contributed by atoms with E-state index in [1.165, 1.54) is 22.5 Å². The second-order valence-electron chi connectivity index (χ2n) is 6.21. The smallest absolute Gasteiger partial charge is 0.243 e. The number of para-hydroxylation sites is 1. The minimum atomic E-state index is -3.61. The molecule has 0 fully saturated rings. The first-order valence-corrected chi connectivity index (χ1v) is 10.3. The Morgan fingerprint density at radius 2 is 1.85 bits per heavy atom. The summed E-state index contributed by atoms with van der Waals surface area (Å²) in [5, 5.41) is 11.2. The Morgan fingerprint density at radius 1 is 1.15 bits per heavy atom.